The van der Waals surface area contributed by atoms with Crippen LogP contribution in [0.4, 0.5) is 17.3 Å². The number of rotatable bonds is 7. The predicted octanol–water partition coefficient (Wildman–Crippen LogP) is 2.76. The Kier molecular flexibility index (Phi) is 4.64. The van der Waals surface area contributed by atoms with E-state index in [2.05, 4.69) is 53.6 Å². The van der Waals surface area contributed by atoms with Gasteiger partial charge in [-0.2, -0.15) is 9.61 Å². The molecule has 0 bridgehead atoms. The minimum atomic E-state index is -0.157. The van der Waals surface area contributed by atoms with Crippen molar-refractivity contribution in [3.05, 3.63) is 36.2 Å². The van der Waals surface area contributed by atoms with Gasteiger partial charge in [0.05, 0.1) is 6.20 Å². The lowest BCUT2D eigenvalue weighted by molar-refractivity contribution is 0.0953. The zero-order valence-electron chi connectivity index (χ0n) is 15.7. The summed E-state index contributed by atoms with van der Waals surface area (Å²) in [5.41, 5.74) is 1.66. The molecule has 0 aliphatic heterocycles. The summed E-state index contributed by atoms with van der Waals surface area (Å²) in [6.45, 7) is 0. The first-order chi connectivity index (χ1) is 14.1. The Morgan fingerprint density at radius 2 is 2.21 bits per heavy atom. The van der Waals surface area contributed by atoms with Gasteiger partial charge in [-0.15, -0.1) is 0 Å². The fourth-order valence-corrected chi connectivity index (χ4v) is 3.71. The molecule has 0 saturated heterocycles. The van der Waals surface area contributed by atoms with Gasteiger partial charge in [-0.05, 0) is 31.4 Å². The summed E-state index contributed by atoms with van der Waals surface area (Å²) in [5.74, 6) is 1.68. The third-order valence-corrected chi connectivity index (χ3v) is 6.21. The van der Waals surface area contributed by atoms with Gasteiger partial charge in [-0.3, -0.25) is 4.79 Å². The van der Waals surface area contributed by atoms with Crippen LogP contribution >= 0.6 is 22.6 Å². The van der Waals surface area contributed by atoms with Crippen molar-refractivity contribution in [3.8, 4) is 5.88 Å². The minimum absolute atomic E-state index is 0.157. The van der Waals surface area contributed by atoms with Crippen molar-refractivity contribution in [2.45, 2.75) is 35.3 Å². The van der Waals surface area contributed by atoms with Gasteiger partial charge in [0.2, 0.25) is 5.88 Å². The maximum atomic E-state index is 12.7. The fourth-order valence-electron chi connectivity index (χ4n) is 2.99. The molecule has 29 heavy (non-hydrogen) atoms. The Bertz CT molecular complexity index is 1080. The molecule has 5 rings (SSSR count). The molecular formula is C19H20IN7O2. The average molecular weight is 505 g/mol. The molecule has 0 aromatic carbocycles. The van der Waals surface area contributed by atoms with E-state index in [9.17, 15) is 4.79 Å². The molecule has 150 valence electrons. The largest absolute Gasteiger partial charge is 0.473 e. The first-order valence-corrected chi connectivity index (χ1v) is 10.8. The third kappa shape index (κ3) is 3.80. The number of carbonyl (C=O) groups is 1. The molecule has 2 saturated carbocycles. The molecule has 3 heterocycles. The number of nitrogens with one attached hydrogen (secondary N) is 3. The Balaban J connectivity index is 1.48. The molecule has 2 atom stereocenters. The Hall–Kier alpha value is -2.63. The van der Waals surface area contributed by atoms with Crippen LogP contribution in [0.15, 0.2) is 30.6 Å². The molecule has 1 amide bonds. The molecule has 9 nitrogen and oxygen atoms in total. The maximum Gasteiger partial charge on any atom is 0.257 e. The van der Waals surface area contributed by atoms with Gasteiger partial charge >= 0.3 is 0 Å². The maximum absolute atomic E-state index is 12.7. The summed E-state index contributed by atoms with van der Waals surface area (Å²) in [6.07, 6.45) is 6.60. The lowest BCUT2D eigenvalue weighted by atomic mass is 10.3. The number of amides is 1. The van der Waals surface area contributed by atoms with Crippen molar-refractivity contribution in [2.24, 2.45) is 0 Å². The van der Waals surface area contributed by atoms with E-state index in [0.717, 1.165) is 24.9 Å². The Labute approximate surface area is 180 Å². The highest BCUT2D eigenvalue weighted by molar-refractivity contribution is 14.1. The van der Waals surface area contributed by atoms with Crippen LogP contribution in [0, 0.1) is 0 Å². The molecule has 0 radical (unpaired) electrons. The van der Waals surface area contributed by atoms with Crippen LogP contribution in [-0.4, -0.2) is 48.6 Å². The normalized spacial score (nSPS) is 20.3. The zero-order valence-corrected chi connectivity index (χ0v) is 17.9. The summed E-state index contributed by atoms with van der Waals surface area (Å²) in [5, 5.41) is 13.7. The molecule has 2 unspecified atom stereocenters. The van der Waals surface area contributed by atoms with Crippen molar-refractivity contribution < 1.29 is 9.53 Å². The van der Waals surface area contributed by atoms with Crippen LogP contribution in [0.1, 0.15) is 29.6 Å². The number of carbonyl (C=O) groups excluding carboxylic acids is 1. The second-order valence-corrected chi connectivity index (χ2v) is 8.80. The predicted molar refractivity (Wildman–Crippen MR) is 117 cm³/mol. The highest BCUT2D eigenvalue weighted by Crippen LogP contribution is 2.33. The molecule has 10 heteroatoms. The number of hydrogen-bond donors (Lipinski definition) is 3. The quantitative estimate of drug-likeness (QED) is 0.335. The van der Waals surface area contributed by atoms with Gasteiger partial charge < -0.3 is 20.7 Å². The molecule has 2 aliphatic carbocycles. The van der Waals surface area contributed by atoms with E-state index in [4.69, 9.17) is 4.74 Å². The molecule has 2 fully saturated rings. The van der Waals surface area contributed by atoms with E-state index in [1.54, 1.807) is 24.0 Å². The highest BCUT2D eigenvalue weighted by Gasteiger charge is 2.36. The van der Waals surface area contributed by atoms with Crippen molar-refractivity contribution in [3.63, 3.8) is 0 Å². The smallest absolute Gasteiger partial charge is 0.257 e. The summed E-state index contributed by atoms with van der Waals surface area (Å²) in [4.78, 5) is 21.7. The number of nitrogens with zero attached hydrogens (tertiary/aromatic N) is 4. The summed E-state index contributed by atoms with van der Waals surface area (Å²) >= 11 is 2.34. The fraction of sp³-hybridized carbons (Fsp3) is 0.368. The summed E-state index contributed by atoms with van der Waals surface area (Å²) < 4.78 is 8.00. The van der Waals surface area contributed by atoms with E-state index in [0.29, 0.717) is 32.7 Å². The number of hydrogen-bond acceptors (Lipinski definition) is 7. The standard InChI is InChI=1S/C19H20IN7O2/c1-21-16-8-15(24-13-3-2-6-22-19(13)29-10-4-5-10)26-17-11(9-23-27(16)17)18(28)25-14-7-12(14)20/h2-3,6,8-10,12,14,21H,4-5,7H2,1H3,(H,24,26)(H,25,28). The van der Waals surface area contributed by atoms with E-state index >= 15 is 0 Å². The Morgan fingerprint density at radius 1 is 1.38 bits per heavy atom. The van der Waals surface area contributed by atoms with E-state index in [1.807, 2.05) is 18.2 Å². The molecule has 3 N–H and O–H groups in total. The van der Waals surface area contributed by atoms with Gasteiger partial charge in [0, 0.05) is 29.3 Å². The molecule has 0 spiro atoms. The van der Waals surface area contributed by atoms with Gasteiger partial charge in [-0.1, -0.05) is 22.6 Å². The molecule has 3 aromatic rings. The summed E-state index contributed by atoms with van der Waals surface area (Å²) in [7, 11) is 1.80. The number of fused-ring (bicyclic) bond motifs is 1. The first-order valence-electron chi connectivity index (χ1n) is 9.52. The molecular weight excluding hydrogens is 485 g/mol. The van der Waals surface area contributed by atoms with Crippen LogP contribution < -0.4 is 20.7 Å². The van der Waals surface area contributed by atoms with Crippen LogP contribution in [0.2, 0.25) is 0 Å². The minimum Gasteiger partial charge on any atom is -0.473 e. The second-order valence-electron chi connectivity index (χ2n) is 7.20. The zero-order chi connectivity index (χ0) is 20.0. The van der Waals surface area contributed by atoms with Crippen molar-refractivity contribution >= 4 is 51.5 Å². The number of halogens is 1. The molecule has 3 aromatic heterocycles. The van der Waals surface area contributed by atoms with Crippen LogP contribution in [0.3, 0.4) is 0 Å². The van der Waals surface area contributed by atoms with Gasteiger partial charge in [0.1, 0.15) is 29.0 Å². The van der Waals surface area contributed by atoms with Crippen LogP contribution in [-0.2, 0) is 0 Å². The first kappa shape index (κ1) is 18.4. The highest BCUT2D eigenvalue weighted by atomic mass is 127. The van der Waals surface area contributed by atoms with Crippen molar-refractivity contribution in [1.82, 2.24) is 24.9 Å². The monoisotopic (exact) mass is 505 g/mol. The lowest BCUT2D eigenvalue weighted by Crippen LogP contribution is -2.26. The van der Waals surface area contributed by atoms with E-state index in [-0.39, 0.29) is 18.1 Å². The number of aromatic nitrogens is 4. The van der Waals surface area contributed by atoms with Gasteiger partial charge in [0.25, 0.3) is 5.91 Å². The lowest BCUT2D eigenvalue weighted by Gasteiger charge is -2.13. The SMILES string of the molecule is CNc1cc(Nc2cccnc2OC2CC2)nc2c(C(=O)NC3CC3I)cnn12. The number of anilines is 3. The number of alkyl halides is 1. The van der Waals surface area contributed by atoms with Gasteiger partial charge in [0.15, 0.2) is 5.65 Å². The average Bonchev–Trinajstić information content (AvgIpc) is 3.62. The van der Waals surface area contributed by atoms with E-state index < -0.39 is 0 Å². The number of pyridine rings is 1. The van der Waals surface area contributed by atoms with Gasteiger partial charge in [-0.25, -0.2) is 9.97 Å². The van der Waals surface area contributed by atoms with Crippen LogP contribution in [0.5, 0.6) is 5.88 Å². The number of ether oxygens (including phenoxy) is 1. The summed E-state index contributed by atoms with van der Waals surface area (Å²) in [6, 6.07) is 5.79. The van der Waals surface area contributed by atoms with Crippen molar-refractivity contribution in [1.29, 1.82) is 0 Å². The molecule has 2 aliphatic rings. The van der Waals surface area contributed by atoms with E-state index in [1.165, 1.54) is 0 Å². The van der Waals surface area contributed by atoms with Crippen LogP contribution in [0.25, 0.3) is 5.65 Å². The Morgan fingerprint density at radius 3 is 2.93 bits per heavy atom. The second kappa shape index (κ2) is 7.32. The topological polar surface area (TPSA) is 105 Å². The third-order valence-electron chi connectivity index (χ3n) is 4.84. The van der Waals surface area contributed by atoms with Crippen molar-refractivity contribution in [2.75, 3.05) is 17.7 Å².